The molecular formula is C8H10ClNO2. The van der Waals surface area contributed by atoms with Crippen LogP contribution >= 0.6 is 12.4 Å². The molecule has 1 atom stereocenters. The first-order valence-corrected chi connectivity index (χ1v) is 3.35. The van der Waals surface area contributed by atoms with Crippen molar-refractivity contribution in [2.75, 3.05) is 0 Å². The molecule has 4 heteroatoms. The maximum Gasteiger partial charge on any atom is 0.312 e. The van der Waals surface area contributed by atoms with Gasteiger partial charge in [-0.05, 0) is 19.1 Å². The van der Waals surface area contributed by atoms with E-state index in [1.54, 1.807) is 31.3 Å². The highest BCUT2D eigenvalue weighted by molar-refractivity contribution is 5.85. The topological polar surface area (TPSA) is 50.2 Å². The van der Waals surface area contributed by atoms with Gasteiger partial charge in [-0.1, -0.05) is 6.07 Å². The summed E-state index contributed by atoms with van der Waals surface area (Å²) in [5, 5.41) is 8.60. The fourth-order valence-corrected chi connectivity index (χ4v) is 0.759. The maximum atomic E-state index is 10.5. The Balaban J connectivity index is 0.00000121. The van der Waals surface area contributed by atoms with Crippen LogP contribution in [0.15, 0.2) is 24.4 Å². The first-order valence-electron chi connectivity index (χ1n) is 3.35. The quantitative estimate of drug-likeness (QED) is 0.767. The SMILES string of the molecule is CC(C(=O)O)c1ccccn1.Cl. The molecule has 0 aliphatic heterocycles. The van der Waals surface area contributed by atoms with E-state index in [2.05, 4.69) is 4.98 Å². The summed E-state index contributed by atoms with van der Waals surface area (Å²) < 4.78 is 0. The second-order valence-corrected chi connectivity index (χ2v) is 2.31. The molecule has 0 spiro atoms. The number of pyridine rings is 1. The summed E-state index contributed by atoms with van der Waals surface area (Å²) in [5.74, 6) is -1.36. The Morgan fingerprint density at radius 3 is 2.67 bits per heavy atom. The molecule has 0 aliphatic carbocycles. The number of carboxylic acid groups (broad SMARTS) is 1. The molecule has 3 nitrogen and oxygen atoms in total. The van der Waals surface area contributed by atoms with Crippen LogP contribution in [0.5, 0.6) is 0 Å². The number of hydrogen-bond donors (Lipinski definition) is 1. The Kier molecular flexibility index (Phi) is 4.29. The summed E-state index contributed by atoms with van der Waals surface area (Å²) in [6.07, 6.45) is 1.59. The molecule has 1 rings (SSSR count). The highest BCUT2D eigenvalue weighted by Crippen LogP contribution is 2.10. The Hall–Kier alpha value is -1.09. The predicted octanol–water partition coefficient (Wildman–Crippen LogP) is 1.69. The van der Waals surface area contributed by atoms with Crippen molar-refractivity contribution < 1.29 is 9.90 Å². The molecule has 1 unspecified atom stereocenters. The molecule has 66 valence electrons. The Morgan fingerprint density at radius 1 is 1.58 bits per heavy atom. The Bertz CT molecular complexity index is 250. The average Bonchev–Trinajstić information content (AvgIpc) is 2.05. The van der Waals surface area contributed by atoms with Crippen molar-refractivity contribution in [1.82, 2.24) is 4.98 Å². The zero-order valence-corrected chi connectivity index (χ0v) is 7.41. The van der Waals surface area contributed by atoms with Crippen LogP contribution in [0.2, 0.25) is 0 Å². The van der Waals surface area contributed by atoms with Gasteiger partial charge in [0.05, 0.1) is 11.6 Å². The van der Waals surface area contributed by atoms with E-state index in [4.69, 9.17) is 5.11 Å². The van der Waals surface area contributed by atoms with Crippen molar-refractivity contribution in [3.05, 3.63) is 30.1 Å². The summed E-state index contributed by atoms with van der Waals surface area (Å²) in [6, 6.07) is 5.25. The van der Waals surface area contributed by atoms with Crippen molar-refractivity contribution >= 4 is 18.4 Å². The molecule has 0 amide bonds. The van der Waals surface area contributed by atoms with Crippen LogP contribution in [0, 0.1) is 0 Å². The summed E-state index contributed by atoms with van der Waals surface area (Å²) in [7, 11) is 0. The number of rotatable bonds is 2. The van der Waals surface area contributed by atoms with Gasteiger partial charge in [0, 0.05) is 6.20 Å². The molecule has 1 aromatic rings. The van der Waals surface area contributed by atoms with E-state index in [1.807, 2.05) is 0 Å². The average molecular weight is 188 g/mol. The maximum absolute atomic E-state index is 10.5. The Labute approximate surface area is 76.9 Å². The molecule has 0 aliphatic rings. The number of hydrogen-bond acceptors (Lipinski definition) is 2. The van der Waals surface area contributed by atoms with E-state index in [0.717, 1.165) is 0 Å². The van der Waals surface area contributed by atoms with Crippen LogP contribution in [-0.4, -0.2) is 16.1 Å². The van der Waals surface area contributed by atoms with Crippen molar-refractivity contribution in [3.8, 4) is 0 Å². The van der Waals surface area contributed by atoms with Crippen LogP contribution in [0.4, 0.5) is 0 Å². The van der Waals surface area contributed by atoms with Crippen LogP contribution in [0.1, 0.15) is 18.5 Å². The highest BCUT2D eigenvalue weighted by Gasteiger charge is 2.13. The van der Waals surface area contributed by atoms with Crippen molar-refractivity contribution in [2.45, 2.75) is 12.8 Å². The zero-order valence-electron chi connectivity index (χ0n) is 6.60. The molecule has 0 saturated heterocycles. The van der Waals surface area contributed by atoms with E-state index < -0.39 is 11.9 Å². The van der Waals surface area contributed by atoms with Crippen molar-refractivity contribution in [2.24, 2.45) is 0 Å². The smallest absolute Gasteiger partial charge is 0.312 e. The minimum absolute atomic E-state index is 0. The normalized spacial score (nSPS) is 11.4. The number of aromatic nitrogens is 1. The van der Waals surface area contributed by atoms with Gasteiger partial charge in [0.2, 0.25) is 0 Å². The van der Waals surface area contributed by atoms with Crippen molar-refractivity contribution in [1.29, 1.82) is 0 Å². The largest absolute Gasteiger partial charge is 0.481 e. The second kappa shape index (κ2) is 4.72. The fraction of sp³-hybridized carbons (Fsp3) is 0.250. The van der Waals surface area contributed by atoms with Gasteiger partial charge in [0.1, 0.15) is 0 Å². The third kappa shape index (κ3) is 2.51. The van der Waals surface area contributed by atoms with E-state index in [0.29, 0.717) is 5.69 Å². The minimum Gasteiger partial charge on any atom is -0.481 e. The number of nitrogens with zero attached hydrogens (tertiary/aromatic N) is 1. The van der Waals surface area contributed by atoms with E-state index in [-0.39, 0.29) is 12.4 Å². The monoisotopic (exact) mass is 187 g/mol. The number of halogens is 1. The fourth-order valence-electron chi connectivity index (χ4n) is 0.759. The summed E-state index contributed by atoms with van der Waals surface area (Å²) in [4.78, 5) is 14.4. The van der Waals surface area contributed by atoms with Gasteiger partial charge in [0.15, 0.2) is 0 Å². The molecule has 1 N–H and O–H groups in total. The summed E-state index contributed by atoms with van der Waals surface area (Å²) in [6.45, 7) is 1.62. The molecule has 0 radical (unpaired) electrons. The number of aliphatic carboxylic acids is 1. The third-order valence-corrected chi connectivity index (χ3v) is 1.50. The number of carboxylic acids is 1. The third-order valence-electron chi connectivity index (χ3n) is 1.50. The predicted molar refractivity (Wildman–Crippen MR) is 47.5 cm³/mol. The molecular weight excluding hydrogens is 178 g/mol. The minimum atomic E-state index is -0.844. The van der Waals surface area contributed by atoms with Crippen LogP contribution in [-0.2, 0) is 4.79 Å². The molecule has 1 heterocycles. The molecule has 0 fully saturated rings. The Morgan fingerprint density at radius 2 is 2.25 bits per heavy atom. The highest BCUT2D eigenvalue weighted by atomic mass is 35.5. The molecule has 0 saturated carbocycles. The van der Waals surface area contributed by atoms with Crippen LogP contribution in [0.3, 0.4) is 0 Å². The van der Waals surface area contributed by atoms with E-state index in [9.17, 15) is 4.79 Å². The molecule has 0 aromatic carbocycles. The van der Waals surface area contributed by atoms with Crippen LogP contribution < -0.4 is 0 Å². The van der Waals surface area contributed by atoms with Gasteiger partial charge in [-0.15, -0.1) is 12.4 Å². The van der Waals surface area contributed by atoms with Gasteiger partial charge in [-0.2, -0.15) is 0 Å². The lowest BCUT2D eigenvalue weighted by atomic mass is 10.1. The summed E-state index contributed by atoms with van der Waals surface area (Å²) >= 11 is 0. The number of carbonyl (C=O) groups is 1. The molecule has 1 aromatic heterocycles. The lowest BCUT2D eigenvalue weighted by molar-refractivity contribution is -0.138. The standard InChI is InChI=1S/C8H9NO2.ClH/c1-6(8(10)11)7-4-2-3-5-9-7;/h2-6H,1H3,(H,10,11);1H. The van der Waals surface area contributed by atoms with E-state index in [1.165, 1.54) is 0 Å². The lowest BCUT2D eigenvalue weighted by Crippen LogP contribution is -2.08. The van der Waals surface area contributed by atoms with Crippen molar-refractivity contribution in [3.63, 3.8) is 0 Å². The van der Waals surface area contributed by atoms with Gasteiger partial charge in [-0.3, -0.25) is 9.78 Å². The van der Waals surface area contributed by atoms with Gasteiger partial charge in [-0.25, -0.2) is 0 Å². The van der Waals surface area contributed by atoms with Crippen LogP contribution in [0.25, 0.3) is 0 Å². The summed E-state index contributed by atoms with van der Waals surface area (Å²) in [5.41, 5.74) is 0.597. The molecule has 0 bridgehead atoms. The first kappa shape index (κ1) is 10.9. The van der Waals surface area contributed by atoms with Gasteiger partial charge < -0.3 is 5.11 Å². The van der Waals surface area contributed by atoms with Gasteiger partial charge in [0.25, 0.3) is 0 Å². The molecule has 12 heavy (non-hydrogen) atoms. The first-order chi connectivity index (χ1) is 5.22. The zero-order chi connectivity index (χ0) is 8.27. The second-order valence-electron chi connectivity index (χ2n) is 2.31. The van der Waals surface area contributed by atoms with Gasteiger partial charge >= 0.3 is 5.97 Å². The van der Waals surface area contributed by atoms with E-state index >= 15 is 0 Å². The lowest BCUT2D eigenvalue weighted by Gasteiger charge is -2.02.